The first kappa shape index (κ1) is 34.3. The van der Waals surface area contributed by atoms with Crippen LogP contribution in [0, 0.1) is 0 Å². The first-order valence-electron chi connectivity index (χ1n) is 20.4. The van der Waals surface area contributed by atoms with Gasteiger partial charge in [-0.1, -0.05) is 140 Å². The van der Waals surface area contributed by atoms with Crippen LogP contribution in [0.25, 0.3) is 33.4 Å². The van der Waals surface area contributed by atoms with Gasteiger partial charge in [0.15, 0.2) is 0 Å². The fourth-order valence-corrected chi connectivity index (χ4v) is 15.6. The molecular weight excluding hydrogens is 772 g/mol. The largest absolute Gasteiger partial charge is 0.376 e. The van der Waals surface area contributed by atoms with Crippen LogP contribution in [0.4, 0.5) is 28.4 Å². The highest BCUT2D eigenvalue weighted by atomic mass is 32.3. The Morgan fingerprint density at radius 1 is 0.508 bits per heavy atom. The van der Waals surface area contributed by atoms with E-state index in [1.54, 1.807) is 0 Å². The van der Waals surface area contributed by atoms with Gasteiger partial charge >= 0.3 is 6.85 Å². The highest BCUT2D eigenvalue weighted by Crippen LogP contribution is 2.69. The van der Waals surface area contributed by atoms with E-state index in [1.165, 1.54) is 113 Å². The van der Waals surface area contributed by atoms with E-state index in [2.05, 4.69) is 200 Å². The molecule has 6 heteroatoms. The van der Waals surface area contributed by atoms with Crippen molar-refractivity contribution in [2.75, 3.05) is 22.2 Å². The lowest BCUT2D eigenvalue weighted by Crippen LogP contribution is -2.62. The molecule has 8 aromatic carbocycles. The Balaban J connectivity index is 1.19. The zero-order valence-corrected chi connectivity index (χ0v) is 35.7. The van der Waals surface area contributed by atoms with E-state index < -0.39 is 10.0 Å². The third-order valence-corrected chi connectivity index (χ3v) is 18.9. The number of nitrogens with zero attached hydrogens (tertiary/aromatic N) is 2. The van der Waals surface area contributed by atoms with E-state index in [0.29, 0.717) is 0 Å². The lowest BCUT2D eigenvalue weighted by atomic mass is 9.43. The fourth-order valence-electron chi connectivity index (χ4n) is 10.9. The summed E-state index contributed by atoms with van der Waals surface area (Å²) in [5.41, 5.74) is 19.8. The van der Waals surface area contributed by atoms with Crippen LogP contribution in [-0.2, 0) is 5.41 Å². The number of hydrogen-bond donors (Lipinski definition) is 0. The quantitative estimate of drug-likeness (QED) is 0.160. The van der Waals surface area contributed by atoms with Gasteiger partial charge in [0.2, 0.25) is 0 Å². The zero-order valence-electron chi connectivity index (χ0n) is 33.3. The molecule has 4 heterocycles. The summed E-state index contributed by atoms with van der Waals surface area (Å²) >= 11 is 3.82. The van der Waals surface area contributed by atoms with E-state index in [9.17, 15) is 0 Å². The summed E-state index contributed by atoms with van der Waals surface area (Å²) in [5, 5.41) is 0. The second-order valence-corrected chi connectivity index (χ2v) is 23.0. The number of hydrogen-bond acceptors (Lipinski definition) is 4. The molecule has 13 rings (SSSR count). The second kappa shape index (κ2) is 12.0. The van der Waals surface area contributed by atoms with Crippen molar-refractivity contribution in [3.63, 3.8) is 0 Å². The van der Waals surface area contributed by atoms with Gasteiger partial charge in [0.05, 0.1) is 11.4 Å². The third-order valence-electron chi connectivity index (χ3n) is 13.5. The summed E-state index contributed by atoms with van der Waals surface area (Å²) in [6.45, 7) is 4.87. The minimum Gasteiger partial charge on any atom is -0.376 e. The summed E-state index contributed by atoms with van der Waals surface area (Å²) in [4.78, 5) is 13.7. The molecule has 0 unspecified atom stereocenters. The number of fused-ring (bicyclic) bond motifs is 12. The summed E-state index contributed by atoms with van der Waals surface area (Å²) in [6.07, 6.45) is 5.01. The van der Waals surface area contributed by atoms with Crippen molar-refractivity contribution in [2.45, 2.75) is 48.6 Å². The molecule has 0 atom stereocenters. The summed E-state index contributed by atoms with van der Waals surface area (Å²) in [5.74, 6) is 0. The highest BCUT2D eigenvalue weighted by molar-refractivity contribution is 8.33. The Kier molecular flexibility index (Phi) is 7.01. The Bertz CT molecular complexity index is 3150. The topological polar surface area (TPSA) is 6.48 Å². The Morgan fingerprint density at radius 3 is 2.02 bits per heavy atom. The van der Waals surface area contributed by atoms with Crippen LogP contribution in [0.2, 0.25) is 0 Å². The van der Waals surface area contributed by atoms with Gasteiger partial charge in [-0.15, -0.1) is 0 Å². The smallest absolute Gasteiger partial charge is 0.333 e. The van der Waals surface area contributed by atoms with Gasteiger partial charge in [-0.2, -0.15) is 10.0 Å². The van der Waals surface area contributed by atoms with Gasteiger partial charge in [0.1, 0.15) is 0 Å². The standard InChI is InChI=1S/C53H39BN2S3/c1-53(2)39-21-9-8-20-35(39)37-29-38-36-30-45-46(58-44-25-12-11-24-43(44)57-45)31-42(36)56(34-19-14-18-33(28-34)32-16-6-5-7-17-32)54-40-22-15-27-48-51(40)55(52(49(37)53)50(38)54)41-23-10-13-26-47(41)59(48,3)4/h5-31H,1-4H3. The number of anilines is 5. The van der Waals surface area contributed by atoms with E-state index in [4.69, 9.17) is 0 Å². The molecule has 4 aliphatic heterocycles. The maximum Gasteiger partial charge on any atom is 0.333 e. The van der Waals surface area contributed by atoms with Gasteiger partial charge < -0.3 is 9.71 Å². The Labute approximate surface area is 356 Å². The second-order valence-electron chi connectivity index (χ2n) is 17.3. The fraction of sp³-hybridized carbons (Fsp3) is 0.0943. The molecule has 0 spiro atoms. The van der Waals surface area contributed by atoms with Gasteiger partial charge in [0, 0.05) is 57.4 Å². The van der Waals surface area contributed by atoms with Crippen molar-refractivity contribution in [3.8, 4) is 33.4 Å². The molecule has 0 N–H and O–H groups in total. The molecule has 0 bridgehead atoms. The molecule has 0 aromatic heterocycles. The molecule has 0 amide bonds. The van der Waals surface area contributed by atoms with Crippen molar-refractivity contribution < 1.29 is 0 Å². The average Bonchev–Trinajstić information content (AvgIpc) is 3.50. The lowest BCUT2D eigenvalue weighted by molar-refractivity contribution is 0.661. The molecule has 8 aromatic rings. The van der Waals surface area contributed by atoms with E-state index in [0.717, 1.165) is 0 Å². The summed E-state index contributed by atoms with van der Waals surface area (Å²) in [6, 6.07) is 62.4. The van der Waals surface area contributed by atoms with Gasteiger partial charge in [-0.05, 0) is 123 Å². The average molecular weight is 811 g/mol. The maximum absolute atomic E-state index is 2.73. The molecule has 59 heavy (non-hydrogen) atoms. The molecule has 0 fully saturated rings. The first-order valence-corrected chi connectivity index (χ1v) is 24.5. The van der Waals surface area contributed by atoms with Gasteiger partial charge in [-0.25, -0.2) is 0 Å². The summed E-state index contributed by atoms with van der Waals surface area (Å²) < 4.78 is 0. The molecular formula is C53H39BN2S3. The monoisotopic (exact) mass is 810 g/mol. The Hall–Kier alpha value is -5.53. The van der Waals surface area contributed by atoms with E-state index in [1.807, 2.05) is 23.5 Å². The minimum absolute atomic E-state index is 0.0541. The molecule has 0 radical (unpaired) electrons. The normalized spacial score (nSPS) is 16.7. The molecule has 5 aliphatic rings. The van der Waals surface area contributed by atoms with Crippen LogP contribution in [0.15, 0.2) is 193 Å². The number of benzene rings is 8. The van der Waals surface area contributed by atoms with Crippen molar-refractivity contribution in [3.05, 3.63) is 175 Å². The first-order chi connectivity index (χ1) is 28.8. The zero-order chi connectivity index (χ0) is 39.4. The van der Waals surface area contributed by atoms with E-state index >= 15 is 0 Å². The lowest BCUT2D eigenvalue weighted by Gasteiger charge is -2.52. The SMILES string of the molecule is CC1(C)c2ccccc2-c2cc3c4c(c21)N1c2ccccc2S(C)(C)c2cccc(c21)B4N(c1cccc(-c2ccccc2)c1)c1cc2c(cc1-3)Sc1ccccc1S2. The van der Waals surface area contributed by atoms with Crippen LogP contribution >= 0.6 is 33.6 Å². The maximum atomic E-state index is 2.73. The van der Waals surface area contributed by atoms with Crippen molar-refractivity contribution >= 4 is 79.8 Å². The molecule has 282 valence electrons. The third kappa shape index (κ3) is 4.55. The van der Waals surface area contributed by atoms with Crippen LogP contribution in [0.3, 0.4) is 0 Å². The predicted octanol–water partition coefficient (Wildman–Crippen LogP) is 13.8. The summed E-state index contributed by atoms with van der Waals surface area (Å²) in [7, 11) is -1.35. The van der Waals surface area contributed by atoms with Gasteiger partial charge in [-0.3, -0.25) is 0 Å². The molecule has 0 saturated carbocycles. The van der Waals surface area contributed by atoms with Crippen LogP contribution < -0.4 is 20.6 Å². The molecule has 2 nitrogen and oxygen atoms in total. The van der Waals surface area contributed by atoms with Crippen LogP contribution in [0.5, 0.6) is 0 Å². The predicted molar refractivity (Wildman–Crippen MR) is 254 cm³/mol. The van der Waals surface area contributed by atoms with Crippen molar-refractivity contribution in [1.82, 2.24) is 0 Å². The van der Waals surface area contributed by atoms with Crippen molar-refractivity contribution in [1.29, 1.82) is 0 Å². The highest BCUT2D eigenvalue weighted by Gasteiger charge is 2.52. The van der Waals surface area contributed by atoms with Crippen LogP contribution in [-0.4, -0.2) is 19.4 Å². The van der Waals surface area contributed by atoms with E-state index in [-0.39, 0.29) is 12.3 Å². The van der Waals surface area contributed by atoms with Crippen molar-refractivity contribution in [2.24, 2.45) is 0 Å². The molecule has 0 saturated heterocycles. The van der Waals surface area contributed by atoms with Gasteiger partial charge in [0.25, 0.3) is 0 Å². The number of para-hydroxylation sites is 2. The minimum atomic E-state index is -1.35. The Morgan fingerprint density at radius 2 is 1.19 bits per heavy atom. The molecule has 1 aliphatic carbocycles. The number of rotatable bonds is 2. The van der Waals surface area contributed by atoms with Crippen LogP contribution in [0.1, 0.15) is 25.0 Å².